The van der Waals surface area contributed by atoms with Crippen LogP contribution < -0.4 is 4.90 Å². The molecule has 0 N–H and O–H groups in total. The molecule has 2 aliphatic heterocycles. The number of pyridine rings is 1. The molecule has 5 heteroatoms. The van der Waals surface area contributed by atoms with Crippen molar-refractivity contribution >= 4 is 11.3 Å². The van der Waals surface area contributed by atoms with Gasteiger partial charge in [0.15, 0.2) is 0 Å². The van der Waals surface area contributed by atoms with Crippen molar-refractivity contribution < 1.29 is 4.74 Å². The number of imidazole rings is 1. The van der Waals surface area contributed by atoms with Crippen LogP contribution in [0.5, 0.6) is 0 Å². The molecule has 0 unspecified atom stereocenters. The number of anilines is 1. The number of fused-ring (bicyclic) bond motifs is 2. The Morgan fingerprint density at radius 3 is 2.81 bits per heavy atom. The number of benzene rings is 1. The third kappa shape index (κ3) is 2.97. The van der Waals surface area contributed by atoms with Crippen molar-refractivity contribution in [3.8, 4) is 0 Å². The van der Waals surface area contributed by atoms with E-state index >= 15 is 0 Å². The van der Waals surface area contributed by atoms with Gasteiger partial charge in [0.25, 0.3) is 0 Å². The first-order valence-electron chi connectivity index (χ1n) is 9.45. The van der Waals surface area contributed by atoms with Gasteiger partial charge in [-0.15, -0.1) is 0 Å². The summed E-state index contributed by atoms with van der Waals surface area (Å²) in [5.41, 5.74) is 6.58. The van der Waals surface area contributed by atoms with Crippen LogP contribution in [0.4, 0.5) is 5.69 Å². The minimum Gasteiger partial charge on any atom is -0.378 e. The van der Waals surface area contributed by atoms with Gasteiger partial charge in [-0.05, 0) is 29.3 Å². The lowest BCUT2D eigenvalue weighted by atomic mass is 10.1. The Balaban J connectivity index is 1.28. The summed E-state index contributed by atoms with van der Waals surface area (Å²) in [6.07, 6.45) is 5.20. The van der Waals surface area contributed by atoms with Crippen LogP contribution in [0.15, 0.2) is 48.8 Å². The zero-order chi connectivity index (χ0) is 17.3. The molecule has 0 atom stereocenters. The molecular formula is C21H24N4O. The van der Waals surface area contributed by atoms with E-state index in [1.54, 1.807) is 0 Å². The predicted octanol–water partition coefficient (Wildman–Crippen LogP) is 2.73. The minimum absolute atomic E-state index is 0.835. The fourth-order valence-corrected chi connectivity index (χ4v) is 4.11. The minimum atomic E-state index is 0.835. The Bertz CT molecular complexity index is 880. The van der Waals surface area contributed by atoms with Gasteiger partial charge in [-0.3, -0.25) is 4.90 Å². The fourth-order valence-electron chi connectivity index (χ4n) is 4.11. The molecule has 4 heterocycles. The maximum atomic E-state index is 5.51. The van der Waals surface area contributed by atoms with Gasteiger partial charge in [0.1, 0.15) is 5.65 Å². The third-order valence-electron chi connectivity index (χ3n) is 5.47. The van der Waals surface area contributed by atoms with Crippen LogP contribution in [0.25, 0.3) is 5.65 Å². The molecule has 0 amide bonds. The quantitative estimate of drug-likeness (QED) is 0.726. The molecule has 2 aromatic heterocycles. The van der Waals surface area contributed by atoms with Gasteiger partial charge in [-0.2, -0.15) is 0 Å². The first kappa shape index (κ1) is 15.9. The summed E-state index contributed by atoms with van der Waals surface area (Å²) in [7, 11) is 0. The average molecular weight is 348 g/mol. The summed E-state index contributed by atoms with van der Waals surface area (Å²) in [6, 6.07) is 12.9. The van der Waals surface area contributed by atoms with Gasteiger partial charge >= 0.3 is 0 Å². The van der Waals surface area contributed by atoms with Gasteiger partial charge in [-0.1, -0.05) is 18.2 Å². The lowest BCUT2D eigenvalue weighted by Crippen LogP contribution is -2.36. The smallest absolute Gasteiger partial charge is 0.136 e. The van der Waals surface area contributed by atoms with Gasteiger partial charge in [0, 0.05) is 57.2 Å². The van der Waals surface area contributed by atoms with E-state index in [2.05, 4.69) is 50.9 Å². The second kappa shape index (κ2) is 6.74. The molecule has 5 rings (SSSR count). The van der Waals surface area contributed by atoms with Crippen molar-refractivity contribution in [1.82, 2.24) is 14.3 Å². The number of rotatable bonds is 4. The van der Waals surface area contributed by atoms with Crippen LogP contribution >= 0.6 is 0 Å². The largest absolute Gasteiger partial charge is 0.378 e. The Morgan fingerprint density at radius 2 is 1.92 bits per heavy atom. The van der Waals surface area contributed by atoms with Crippen LogP contribution in [0.2, 0.25) is 0 Å². The van der Waals surface area contributed by atoms with Crippen molar-refractivity contribution in [3.63, 3.8) is 0 Å². The zero-order valence-corrected chi connectivity index (χ0v) is 15.0. The summed E-state index contributed by atoms with van der Waals surface area (Å²) >= 11 is 0. The highest BCUT2D eigenvalue weighted by Gasteiger charge is 2.24. The van der Waals surface area contributed by atoms with E-state index in [1.165, 1.54) is 22.5 Å². The SMILES string of the molecule is c1cc2c(c(N3CCOCC3)c1)CN(CCc1cn3ccccc3n1)C2. The van der Waals surface area contributed by atoms with Crippen molar-refractivity contribution in [1.29, 1.82) is 0 Å². The van der Waals surface area contributed by atoms with Gasteiger partial charge < -0.3 is 14.0 Å². The zero-order valence-electron chi connectivity index (χ0n) is 15.0. The van der Waals surface area contributed by atoms with Crippen LogP contribution in [0, 0.1) is 0 Å². The Hall–Kier alpha value is -2.37. The molecule has 26 heavy (non-hydrogen) atoms. The monoisotopic (exact) mass is 348 g/mol. The lowest BCUT2D eigenvalue weighted by Gasteiger charge is -2.30. The van der Waals surface area contributed by atoms with E-state index in [9.17, 15) is 0 Å². The molecule has 3 aromatic rings. The number of ether oxygens (including phenoxy) is 1. The number of hydrogen-bond acceptors (Lipinski definition) is 4. The fraction of sp³-hybridized carbons (Fsp3) is 0.381. The molecule has 0 saturated carbocycles. The molecule has 5 nitrogen and oxygen atoms in total. The lowest BCUT2D eigenvalue weighted by molar-refractivity contribution is 0.122. The Labute approximate surface area is 153 Å². The Morgan fingerprint density at radius 1 is 1.00 bits per heavy atom. The van der Waals surface area contributed by atoms with E-state index in [1.807, 2.05) is 12.1 Å². The molecule has 0 radical (unpaired) electrons. The highest BCUT2D eigenvalue weighted by atomic mass is 16.5. The van der Waals surface area contributed by atoms with Crippen LogP contribution in [0.3, 0.4) is 0 Å². The maximum absolute atomic E-state index is 5.51. The van der Waals surface area contributed by atoms with E-state index in [4.69, 9.17) is 9.72 Å². The number of nitrogens with zero attached hydrogens (tertiary/aromatic N) is 4. The van der Waals surface area contributed by atoms with Crippen molar-refractivity contribution in [3.05, 3.63) is 65.6 Å². The summed E-state index contributed by atoms with van der Waals surface area (Å²) in [5, 5.41) is 0. The molecule has 134 valence electrons. The standard InChI is InChI=1S/C21H24N4O/c1-2-8-25-15-18(22-21(25)6-1)7-9-23-14-17-4-3-5-20(19(17)16-23)24-10-12-26-13-11-24/h1-6,8,15H,7,9-14,16H2. The molecule has 2 aliphatic rings. The first-order chi connectivity index (χ1) is 12.9. The second-order valence-electron chi connectivity index (χ2n) is 7.17. The molecule has 1 saturated heterocycles. The number of aromatic nitrogens is 2. The van der Waals surface area contributed by atoms with Gasteiger partial charge in [0.2, 0.25) is 0 Å². The molecule has 1 aromatic carbocycles. The summed E-state index contributed by atoms with van der Waals surface area (Å²) < 4.78 is 7.61. The molecule has 0 aliphatic carbocycles. The topological polar surface area (TPSA) is 33.0 Å². The van der Waals surface area contributed by atoms with E-state index in [0.29, 0.717) is 0 Å². The third-order valence-corrected chi connectivity index (χ3v) is 5.47. The summed E-state index contributed by atoms with van der Waals surface area (Å²) in [4.78, 5) is 9.75. The Kier molecular flexibility index (Phi) is 4.11. The first-order valence-corrected chi connectivity index (χ1v) is 9.45. The molecule has 0 bridgehead atoms. The van der Waals surface area contributed by atoms with Gasteiger partial charge in [0.05, 0.1) is 18.9 Å². The maximum Gasteiger partial charge on any atom is 0.136 e. The normalized spacial score (nSPS) is 17.8. The van der Waals surface area contributed by atoms with E-state index in [0.717, 1.165) is 58.0 Å². The average Bonchev–Trinajstić information content (AvgIpc) is 3.30. The second-order valence-corrected chi connectivity index (χ2v) is 7.17. The summed E-state index contributed by atoms with van der Waals surface area (Å²) in [5.74, 6) is 0. The van der Waals surface area contributed by atoms with Crippen molar-refractivity contribution in [2.24, 2.45) is 0 Å². The summed E-state index contributed by atoms with van der Waals surface area (Å²) in [6.45, 7) is 6.79. The number of hydrogen-bond donors (Lipinski definition) is 0. The van der Waals surface area contributed by atoms with Crippen LogP contribution in [-0.4, -0.2) is 47.1 Å². The number of morpholine rings is 1. The molecular weight excluding hydrogens is 324 g/mol. The highest BCUT2D eigenvalue weighted by molar-refractivity contribution is 5.58. The molecule has 1 fully saturated rings. The highest BCUT2D eigenvalue weighted by Crippen LogP contribution is 2.32. The van der Waals surface area contributed by atoms with Crippen molar-refractivity contribution in [2.75, 3.05) is 37.7 Å². The van der Waals surface area contributed by atoms with E-state index < -0.39 is 0 Å². The van der Waals surface area contributed by atoms with Crippen LogP contribution in [-0.2, 0) is 24.2 Å². The molecule has 0 spiro atoms. The van der Waals surface area contributed by atoms with Crippen molar-refractivity contribution in [2.45, 2.75) is 19.5 Å². The van der Waals surface area contributed by atoms with Crippen LogP contribution in [0.1, 0.15) is 16.8 Å². The van der Waals surface area contributed by atoms with Gasteiger partial charge in [-0.25, -0.2) is 4.98 Å². The predicted molar refractivity (Wildman–Crippen MR) is 102 cm³/mol. The van der Waals surface area contributed by atoms with E-state index in [-0.39, 0.29) is 0 Å².